The van der Waals surface area contributed by atoms with Gasteiger partial charge >= 0.3 is 0 Å². The largest absolute Gasteiger partial charge is 0.326 e. The van der Waals surface area contributed by atoms with Gasteiger partial charge in [0.15, 0.2) is 0 Å². The molecule has 0 aliphatic carbocycles. The molecule has 1 fully saturated rings. The number of hydrogen-bond donors (Lipinski definition) is 1. The van der Waals surface area contributed by atoms with Crippen LogP contribution in [0.4, 0.5) is 4.39 Å². The van der Waals surface area contributed by atoms with Crippen LogP contribution in [0.5, 0.6) is 0 Å². The third-order valence-corrected chi connectivity index (χ3v) is 4.36. The van der Waals surface area contributed by atoms with E-state index in [-0.39, 0.29) is 5.92 Å². The molecule has 0 bridgehead atoms. The number of rotatable bonds is 3. The van der Waals surface area contributed by atoms with Gasteiger partial charge in [-0.2, -0.15) is 11.8 Å². The standard InChI is InChI=1S/C13H18FNS/c14-13(12-5-2-6-16-9-12)11-4-1-3-10(7-11)8-15/h1,3-4,7,12-13H,2,5-6,8-9,15H2. The molecular weight excluding hydrogens is 221 g/mol. The first kappa shape index (κ1) is 11.9. The van der Waals surface area contributed by atoms with E-state index >= 15 is 0 Å². The molecule has 16 heavy (non-hydrogen) atoms. The maximum atomic E-state index is 14.3. The molecule has 0 radical (unpaired) electrons. The van der Waals surface area contributed by atoms with Gasteiger partial charge in [-0.25, -0.2) is 4.39 Å². The first-order valence-electron chi connectivity index (χ1n) is 5.82. The van der Waals surface area contributed by atoms with E-state index in [0.717, 1.165) is 29.7 Å². The van der Waals surface area contributed by atoms with Gasteiger partial charge in [0.2, 0.25) is 0 Å². The second kappa shape index (κ2) is 5.69. The van der Waals surface area contributed by atoms with Gasteiger partial charge in [0.1, 0.15) is 6.17 Å². The minimum Gasteiger partial charge on any atom is -0.326 e. The molecule has 1 aromatic rings. The Kier molecular flexibility index (Phi) is 4.24. The molecule has 88 valence electrons. The summed E-state index contributed by atoms with van der Waals surface area (Å²) < 4.78 is 14.3. The molecule has 1 nitrogen and oxygen atoms in total. The van der Waals surface area contributed by atoms with Crippen LogP contribution in [0.15, 0.2) is 24.3 Å². The molecular formula is C13H18FNS. The van der Waals surface area contributed by atoms with E-state index in [1.807, 2.05) is 36.0 Å². The fourth-order valence-electron chi connectivity index (χ4n) is 2.16. The third kappa shape index (κ3) is 2.77. The van der Waals surface area contributed by atoms with Crippen molar-refractivity contribution in [3.05, 3.63) is 35.4 Å². The van der Waals surface area contributed by atoms with E-state index in [2.05, 4.69) is 0 Å². The first-order valence-corrected chi connectivity index (χ1v) is 6.97. The zero-order valence-corrected chi connectivity index (χ0v) is 10.2. The smallest absolute Gasteiger partial charge is 0.129 e. The average molecular weight is 239 g/mol. The third-order valence-electron chi connectivity index (χ3n) is 3.11. The normalized spacial score (nSPS) is 23.0. The van der Waals surface area contributed by atoms with Crippen LogP contribution in [-0.2, 0) is 6.54 Å². The van der Waals surface area contributed by atoms with Crippen LogP contribution in [0.25, 0.3) is 0 Å². The molecule has 2 unspecified atom stereocenters. The summed E-state index contributed by atoms with van der Waals surface area (Å²) in [6, 6.07) is 7.64. The van der Waals surface area contributed by atoms with Gasteiger partial charge in [-0.1, -0.05) is 24.3 Å². The van der Waals surface area contributed by atoms with Gasteiger partial charge in [-0.05, 0) is 35.5 Å². The van der Waals surface area contributed by atoms with Crippen LogP contribution in [0.3, 0.4) is 0 Å². The van der Waals surface area contributed by atoms with E-state index in [9.17, 15) is 4.39 Å². The lowest BCUT2D eigenvalue weighted by atomic mass is 9.93. The Labute approximate surface area is 101 Å². The highest BCUT2D eigenvalue weighted by Gasteiger charge is 2.24. The molecule has 0 saturated carbocycles. The Hall–Kier alpha value is -0.540. The predicted molar refractivity (Wildman–Crippen MR) is 68.2 cm³/mol. The highest BCUT2D eigenvalue weighted by Crippen LogP contribution is 2.35. The van der Waals surface area contributed by atoms with Crippen molar-refractivity contribution in [1.29, 1.82) is 0 Å². The molecule has 1 aromatic carbocycles. The molecule has 1 saturated heterocycles. The Morgan fingerprint density at radius 3 is 3.06 bits per heavy atom. The second-order valence-corrected chi connectivity index (χ2v) is 5.48. The monoisotopic (exact) mass is 239 g/mol. The Morgan fingerprint density at radius 1 is 1.50 bits per heavy atom. The van der Waals surface area contributed by atoms with Crippen LogP contribution in [-0.4, -0.2) is 11.5 Å². The maximum Gasteiger partial charge on any atom is 0.129 e. The summed E-state index contributed by atoms with van der Waals surface area (Å²) in [6.45, 7) is 0.486. The summed E-state index contributed by atoms with van der Waals surface area (Å²) >= 11 is 1.87. The van der Waals surface area contributed by atoms with Crippen molar-refractivity contribution in [2.75, 3.05) is 11.5 Å². The zero-order chi connectivity index (χ0) is 11.4. The average Bonchev–Trinajstić information content (AvgIpc) is 2.39. The van der Waals surface area contributed by atoms with Crippen molar-refractivity contribution in [2.45, 2.75) is 25.6 Å². The molecule has 0 amide bonds. The molecule has 2 rings (SSSR count). The molecule has 2 N–H and O–H groups in total. The number of halogens is 1. The Bertz CT molecular complexity index is 336. The van der Waals surface area contributed by atoms with Crippen LogP contribution >= 0.6 is 11.8 Å². The Morgan fingerprint density at radius 2 is 2.38 bits per heavy atom. The van der Waals surface area contributed by atoms with Gasteiger partial charge in [0, 0.05) is 12.5 Å². The summed E-state index contributed by atoms with van der Waals surface area (Å²) in [7, 11) is 0. The van der Waals surface area contributed by atoms with Gasteiger partial charge < -0.3 is 5.73 Å². The van der Waals surface area contributed by atoms with Gasteiger partial charge in [0.05, 0.1) is 0 Å². The molecule has 0 spiro atoms. The van der Waals surface area contributed by atoms with Crippen molar-refractivity contribution < 1.29 is 4.39 Å². The van der Waals surface area contributed by atoms with Gasteiger partial charge in [0.25, 0.3) is 0 Å². The minimum atomic E-state index is -0.820. The summed E-state index contributed by atoms with van der Waals surface area (Å²) in [4.78, 5) is 0. The topological polar surface area (TPSA) is 26.0 Å². The fraction of sp³-hybridized carbons (Fsp3) is 0.538. The van der Waals surface area contributed by atoms with E-state index in [1.54, 1.807) is 0 Å². The second-order valence-electron chi connectivity index (χ2n) is 4.33. The van der Waals surface area contributed by atoms with Gasteiger partial charge in [-0.15, -0.1) is 0 Å². The predicted octanol–water partition coefficient (Wildman–Crippen LogP) is 3.30. The number of alkyl halides is 1. The van der Waals surface area contributed by atoms with Crippen molar-refractivity contribution >= 4 is 11.8 Å². The Balaban J connectivity index is 2.09. The summed E-state index contributed by atoms with van der Waals surface area (Å²) in [5.41, 5.74) is 7.39. The molecule has 0 aromatic heterocycles. The maximum absolute atomic E-state index is 14.3. The van der Waals surface area contributed by atoms with E-state index in [0.29, 0.717) is 6.54 Å². The number of nitrogens with two attached hydrogens (primary N) is 1. The van der Waals surface area contributed by atoms with E-state index in [4.69, 9.17) is 5.73 Å². The van der Waals surface area contributed by atoms with Crippen LogP contribution in [0, 0.1) is 5.92 Å². The minimum absolute atomic E-state index is 0.187. The first-order chi connectivity index (χ1) is 7.81. The van der Waals surface area contributed by atoms with Crippen LogP contribution < -0.4 is 5.73 Å². The highest BCUT2D eigenvalue weighted by molar-refractivity contribution is 7.99. The quantitative estimate of drug-likeness (QED) is 0.876. The van der Waals surface area contributed by atoms with Crippen LogP contribution in [0.2, 0.25) is 0 Å². The number of benzene rings is 1. The lowest BCUT2D eigenvalue weighted by Gasteiger charge is -2.25. The number of hydrogen-bond acceptors (Lipinski definition) is 2. The number of thioether (sulfide) groups is 1. The summed E-state index contributed by atoms with van der Waals surface area (Å²) in [5.74, 6) is 2.33. The SMILES string of the molecule is NCc1cccc(C(F)C2CCCSC2)c1. The highest BCUT2D eigenvalue weighted by atomic mass is 32.2. The van der Waals surface area contributed by atoms with E-state index in [1.165, 1.54) is 5.75 Å². The van der Waals surface area contributed by atoms with Crippen LogP contribution in [0.1, 0.15) is 30.1 Å². The van der Waals surface area contributed by atoms with Crippen molar-refractivity contribution in [3.63, 3.8) is 0 Å². The fourth-order valence-corrected chi connectivity index (χ4v) is 3.34. The molecule has 3 heteroatoms. The molecule has 1 aliphatic rings. The van der Waals surface area contributed by atoms with Crippen molar-refractivity contribution in [2.24, 2.45) is 11.7 Å². The molecule has 2 atom stereocenters. The molecule has 1 heterocycles. The lowest BCUT2D eigenvalue weighted by Crippen LogP contribution is -2.16. The van der Waals surface area contributed by atoms with Crippen molar-refractivity contribution in [3.8, 4) is 0 Å². The summed E-state index contributed by atoms with van der Waals surface area (Å²) in [5, 5.41) is 0. The van der Waals surface area contributed by atoms with Crippen molar-refractivity contribution in [1.82, 2.24) is 0 Å². The molecule has 1 aliphatic heterocycles. The lowest BCUT2D eigenvalue weighted by molar-refractivity contribution is 0.236. The van der Waals surface area contributed by atoms with Gasteiger partial charge in [-0.3, -0.25) is 0 Å². The summed E-state index contributed by atoms with van der Waals surface area (Å²) in [6.07, 6.45) is 1.34. The van der Waals surface area contributed by atoms with E-state index < -0.39 is 6.17 Å². The zero-order valence-electron chi connectivity index (χ0n) is 9.36.